The molecule has 123 heavy (non-hydrogen) atoms. The quantitative estimate of drug-likeness (QED) is 0.0364. The summed E-state index contributed by atoms with van der Waals surface area (Å²) in [5, 5.41) is 68.8. The summed E-state index contributed by atoms with van der Waals surface area (Å²) in [6, 6.07) is 39.9. The number of halogens is 16. The number of imidazole rings is 4. The molecule has 2 aromatic carbocycles. The number of pyridine rings is 10. The molecule has 0 amide bonds. The molecule has 0 aliphatic carbocycles. The normalized spacial score (nSPS) is 11.2. The molecule has 0 aliphatic heterocycles. The summed E-state index contributed by atoms with van der Waals surface area (Å²) in [5.41, 5.74) is 5.25. The summed E-state index contributed by atoms with van der Waals surface area (Å²) in [5.74, 6) is -5.60. The van der Waals surface area contributed by atoms with Gasteiger partial charge in [-0.25, -0.2) is 80.6 Å². The van der Waals surface area contributed by atoms with E-state index in [9.17, 15) is 97.1 Å². The molecule has 618 valence electrons. The highest BCUT2D eigenvalue weighted by Crippen LogP contribution is 2.36. The first kappa shape index (κ1) is 84.9. The highest BCUT2D eigenvalue weighted by molar-refractivity contribution is 6.29. The van der Waals surface area contributed by atoms with Gasteiger partial charge in [-0.05, 0) is 147 Å². The number of aromatic nitrogens is 14. The largest absolute Gasteiger partial charge is 0.573 e. The number of hydrogen-bond donors (Lipinski definition) is 6. The van der Waals surface area contributed by atoms with Crippen LogP contribution in [-0.2, 0) is 19.4 Å². The van der Waals surface area contributed by atoms with Gasteiger partial charge in [-0.1, -0.05) is 11.6 Å². The van der Waals surface area contributed by atoms with E-state index >= 15 is 0 Å². The number of nitrogens with one attached hydrogen (secondary N) is 4. The van der Waals surface area contributed by atoms with Gasteiger partial charge >= 0.3 is 19.2 Å². The molecule has 6 N–H and O–H groups in total. The van der Waals surface area contributed by atoms with Gasteiger partial charge in [0.15, 0.2) is 34.5 Å². The lowest BCUT2D eigenvalue weighted by atomic mass is 10.1. The fraction of sp³-hybridized carbons (Fsp3) is 0.0864. The number of aliphatic hydroxyl groups is 2. The molecule has 14 aromatic heterocycles. The van der Waals surface area contributed by atoms with Gasteiger partial charge in [0, 0.05) is 54.4 Å². The Morgan fingerprint density at radius 2 is 0.813 bits per heavy atom. The third kappa shape index (κ3) is 19.9. The van der Waals surface area contributed by atoms with Crippen LogP contribution in [0.1, 0.15) is 50.7 Å². The third-order valence-corrected chi connectivity index (χ3v) is 17.4. The van der Waals surface area contributed by atoms with Crippen molar-refractivity contribution in [3.8, 4) is 81.3 Å². The first-order valence-electron chi connectivity index (χ1n) is 35.0. The zero-order valence-corrected chi connectivity index (χ0v) is 63.0. The van der Waals surface area contributed by atoms with E-state index in [4.69, 9.17) is 11.6 Å². The summed E-state index contributed by atoms with van der Waals surface area (Å²) >= 11 is 5.80. The summed E-state index contributed by atoms with van der Waals surface area (Å²) in [4.78, 5) is 41.7. The molecule has 0 bridgehead atoms. The van der Waals surface area contributed by atoms with Crippen molar-refractivity contribution >= 4 is 80.2 Å². The SMILES string of the molecule is Cc1nc2c(F)cc(F)cn2c1-c1cc(C#N)cc(Nc2ccc(OC(F)(F)F)cc2)n1.Cc1nc2c(F)cc(F)cn2c1-c1cc(C#N)cc(Nc2ccc(OC(F)F)c(F)c2)n1.N#Cc1cc(Nc2ccc(C(F)(F)F)nc2)nc(-c2c(CO)nc3ccc(F)cn23)c1.N#Cc1cc(Nc2ccc(Cl)nc2)nc(-c2c(CO)nc3ccc(F)cn23)c1. The molecule has 0 spiro atoms. The van der Waals surface area contributed by atoms with Crippen LogP contribution in [0.2, 0.25) is 5.15 Å². The summed E-state index contributed by atoms with van der Waals surface area (Å²) < 4.78 is 210. The molecule has 26 nitrogen and oxygen atoms in total. The first-order valence-corrected chi connectivity index (χ1v) is 35.4. The number of hydrogen-bond acceptors (Lipinski definition) is 22. The molecule has 0 atom stereocenters. The Morgan fingerprint density at radius 3 is 1.19 bits per heavy atom. The van der Waals surface area contributed by atoms with E-state index in [1.165, 1.54) is 121 Å². The van der Waals surface area contributed by atoms with Crippen molar-refractivity contribution in [2.75, 3.05) is 21.3 Å². The summed E-state index contributed by atoms with van der Waals surface area (Å²) in [6.07, 6.45) is -2.32. The number of aliphatic hydroxyl groups excluding tert-OH is 2. The van der Waals surface area contributed by atoms with Crippen LogP contribution in [0.15, 0.2) is 189 Å². The number of benzene rings is 2. The molecule has 0 unspecified atom stereocenters. The van der Waals surface area contributed by atoms with Gasteiger partial charge in [0.25, 0.3) is 0 Å². The molecule has 0 fully saturated rings. The van der Waals surface area contributed by atoms with Gasteiger partial charge in [-0.2, -0.15) is 43.0 Å². The Morgan fingerprint density at radius 1 is 0.423 bits per heavy atom. The second-order valence-electron chi connectivity index (χ2n) is 25.6. The van der Waals surface area contributed by atoms with E-state index in [1.54, 1.807) is 38.1 Å². The molecule has 0 radical (unpaired) electrons. The Bertz CT molecular complexity index is 6900. The number of anilines is 8. The van der Waals surface area contributed by atoms with Crippen LogP contribution in [-0.4, -0.2) is 90.6 Å². The van der Waals surface area contributed by atoms with E-state index in [2.05, 4.69) is 86.6 Å². The van der Waals surface area contributed by atoms with E-state index in [0.29, 0.717) is 79.8 Å². The van der Waals surface area contributed by atoms with Crippen LogP contribution < -0.4 is 30.7 Å². The van der Waals surface area contributed by atoms with Crippen molar-refractivity contribution < 1.29 is 85.5 Å². The van der Waals surface area contributed by atoms with Crippen molar-refractivity contribution in [3.05, 3.63) is 285 Å². The zero-order valence-electron chi connectivity index (χ0n) is 62.2. The Labute approximate surface area is 685 Å². The molecule has 0 aliphatic rings. The average molecular weight is 1710 g/mol. The summed E-state index contributed by atoms with van der Waals surface area (Å²) in [6.45, 7) is -0.829. The van der Waals surface area contributed by atoms with Gasteiger partial charge in [-0.3, -0.25) is 17.6 Å². The fourth-order valence-electron chi connectivity index (χ4n) is 12.2. The maximum Gasteiger partial charge on any atom is 0.573 e. The first-order chi connectivity index (χ1) is 58.7. The molecule has 14 heterocycles. The van der Waals surface area contributed by atoms with E-state index in [0.717, 1.165) is 48.9 Å². The molecule has 42 heteroatoms. The number of fused-ring (bicyclic) bond motifs is 4. The second-order valence-corrected chi connectivity index (χ2v) is 26.0. The number of alkyl halides is 8. The number of rotatable bonds is 17. The molecule has 0 saturated carbocycles. The highest BCUT2D eigenvalue weighted by Gasteiger charge is 2.33. The average Bonchev–Trinajstić information content (AvgIpc) is 1.66. The van der Waals surface area contributed by atoms with Crippen LogP contribution in [0.3, 0.4) is 0 Å². The zero-order chi connectivity index (χ0) is 87.9. The molecular formula is C81H48ClF15N22O4. The van der Waals surface area contributed by atoms with E-state index in [-0.39, 0.29) is 103 Å². The van der Waals surface area contributed by atoms with Gasteiger partial charge < -0.3 is 41.0 Å². The van der Waals surface area contributed by atoms with Crippen LogP contribution in [0, 0.1) is 99.9 Å². The maximum atomic E-state index is 14.1. The lowest BCUT2D eigenvalue weighted by Crippen LogP contribution is -2.16. The van der Waals surface area contributed by atoms with Crippen molar-refractivity contribution in [3.63, 3.8) is 0 Å². The molecular weight excluding hydrogens is 1670 g/mol. The maximum absolute atomic E-state index is 14.1. The van der Waals surface area contributed by atoms with Gasteiger partial charge in [0.05, 0.1) is 152 Å². The smallest absolute Gasteiger partial charge is 0.432 e. The third-order valence-electron chi connectivity index (χ3n) is 17.1. The Kier molecular flexibility index (Phi) is 24.6. The Balaban J connectivity index is 0.000000141. The monoisotopic (exact) mass is 1710 g/mol. The number of ether oxygens (including phenoxy) is 2. The van der Waals surface area contributed by atoms with Crippen LogP contribution in [0.4, 0.5) is 112 Å². The minimum atomic E-state index is -4.81. The van der Waals surface area contributed by atoms with Crippen molar-refractivity contribution in [1.29, 1.82) is 21.0 Å². The molecule has 16 aromatic rings. The fourth-order valence-corrected chi connectivity index (χ4v) is 12.3. The van der Waals surface area contributed by atoms with Crippen LogP contribution >= 0.6 is 11.6 Å². The predicted octanol–water partition coefficient (Wildman–Crippen LogP) is 18.6. The van der Waals surface area contributed by atoms with Crippen LogP contribution in [0.5, 0.6) is 11.5 Å². The molecule has 0 saturated heterocycles. The second kappa shape index (κ2) is 35.7. The number of aryl methyl sites for hydroxylation is 2. The van der Waals surface area contributed by atoms with Gasteiger partial charge in [0.2, 0.25) is 0 Å². The minimum absolute atomic E-state index is 0.0992. The molecule has 16 rings (SSSR count). The predicted molar refractivity (Wildman–Crippen MR) is 411 cm³/mol. The standard InChI is InChI=1S/2C21H12F5N5O.C20H12F4N6O.C19H12ClFN6O/c1-11-19(31-10-13(22)8-16(23)20(31)28-11)17-6-12(9-27)7-18(30-17)29-14-2-4-15(5-3-14)32-21(24,25)26;1-10-19(31-9-12(22)6-15(24)20(31)28-10)16-4-11(8-27)5-18(30-16)29-13-2-3-17(14(23)7-13)32-21(25)26;21-12-1-4-18-29-15(10-31)19(30(18)9-12)14-5-11(7-25)6-17(28-14)27-13-2-3-16(26-8-13)20(22,23)24;20-16-3-2-13(8-23-16)24-17-6-11(7-22)5-14(25-17)19-15(10-28)26-18-4-1-12(21)9-27(18)19/h2-8,10H,1H3,(H,29,30);2-7,9,21H,1H3,(H,29,30);1-6,8-9,31H,10H2,(H,27,28);1-6,8-9,28H,10H2,(H,24,25). The highest BCUT2D eigenvalue weighted by atomic mass is 35.5. The van der Waals surface area contributed by atoms with E-state index < -0.39 is 83.7 Å². The van der Waals surface area contributed by atoms with Crippen LogP contribution in [0.25, 0.3) is 68.1 Å². The lowest BCUT2D eigenvalue weighted by Gasteiger charge is -2.11. The van der Waals surface area contributed by atoms with Crippen molar-refractivity contribution in [2.24, 2.45) is 0 Å². The van der Waals surface area contributed by atoms with Crippen molar-refractivity contribution in [2.45, 2.75) is 46.2 Å². The van der Waals surface area contributed by atoms with Gasteiger partial charge in [0.1, 0.15) is 74.4 Å². The summed E-state index contributed by atoms with van der Waals surface area (Å²) in [7, 11) is 0. The van der Waals surface area contributed by atoms with Crippen molar-refractivity contribution in [1.82, 2.24) is 67.4 Å². The lowest BCUT2D eigenvalue weighted by molar-refractivity contribution is -0.274. The topological polar surface area (TPSA) is 349 Å². The number of nitriles is 4. The Hall–Kier alpha value is -16.0. The minimum Gasteiger partial charge on any atom is -0.432 e. The number of nitrogens with zero attached hydrogens (tertiary/aromatic N) is 18. The van der Waals surface area contributed by atoms with Gasteiger partial charge in [-0.15, -0.1) is 13.2 Å². The van der Waals surface area contributed by atoms with E-state index in [1.807, 2.05) is 18.2 Å².